The van der Waals surface area contributed by atoms with Gasteiger partial charge in [0.25, 0.3) is 5.91 Å². The largest absolute Gasteiger partial charge is 0.490 e. The lowest BCUT2D eigenvalue weighted by Crippen LogP contribution is -2.49. The third kappa shape index (κ3) is 4.82. The van der Waals surface area contributed by atoms with Crippen LogP contribution in [0, 0.1) is 23.7 Å². The zero-order valence-corrected chi connectivity index (χ0v) is 24.0. The van der Waals surface area contributed by atoms with Crippen molar-refractivity contribution >= 4 is 33.2 Å². The van der Waals surface area contributed by atoms with Gasteiger partial charge < -0.3 is 14.7 Å². The van der Waals surface area contributed by atoms with Gasteiger partial charge in [-0.25, -0.2) is 13.1 Å². The molecule has 0 saturated heterocycles. The molecular weight excluding hydrogens is 548 g/mol. The summed E-state index contributed by atoms with van der Waals surface area (Å²) < 4.78 is 34.4. The molecule has 2 aromatic carbocycles. The number of hydrogen-bond acceptors (Lipinski definition) is 6. The van der Waals surface area contributed by atoms with Gasteiger partial charge in [0.15, 0.2) is 0 Å². The van der Waals surface area contributed by atoms with Crippen LogP contribution in [0.5, 0.6) is 5.75 Å². The number of anilines is 1. The Bertz CT molecular complexity index is 1490. The molecular formula is C31H35ClN2O5S. The minimum absolute atomic E-state index is 0.0285. The summed E-state index contributed by atoms with van der Waals surface area (Å²) in [6, 6.07) is 11.4. The van der Waals surface area contributed by atoms with Crippen LogP contribution < -0.4 is 14.4 Å². The molecule has 6 atom stereocenters. The second kappa shape index (κ2) is 9.78. The van der Waals surface area contributed by atoms with Crippen molar-refractivity contribution in [2.75, 3.05) is 30.3 Å². The Morgan fingerprint density at radius 3 is 2.80 bits per heavy atom. The highest BCUT2D eigenvalue weighted by molar-refractivity contribution is 7.90. The maximum atomic E-state index is 13.2. The summed E-state index contributed by atoms with van der Waals surface area (Å²) in [6.07, 6.45) is 9.04. The Balaban J connectivity index is 1.29. The molecule has 2 fully saturated rings. The van der Waals surface area contributed by atoms with E-state index in [1.807, 2.05) is 18.2 Å². The van der Waals surface area contributed by atoms with Gasteiger partial charge in [-0.2, -0.15) is 0 Å². The van der Waals surface area contributed by atoms with Crippen LogP contribution in [0.2, 0.25) is 5.02 Å². The molecule has 5 aliphatic rings. The fraction of sp³-hybridized carbons (Fsp3) is 0.516. The van der Waals surface area contributed by atoms with Crippen LogP contribution >= 0.6 is 11.6 Å². The number of benzene rings is 2. The van der Waals surface area contributed by atoms with Gasteiger partial charge in [0, 0.05) is 29.1 Å². The van der Waals surface area contributed by atoms with Gasteiger partial charge in [0.1, 0.15) is 5.75 Å². The van der Waals surface area contributed by atoms with Crippen molar-refractivity contribution in [3.8, 4) is 5.75 Å². The molecule has 1 spiro atoms. The fourth-order valence-corrected chi connectivity index (χ4v) is 9.06. The van der Waals surface area contributed by atoms with Gasteiger partial charge in [-0.15, -0.1) is 0 Å². The van der Waals surface area contributed by atoms with Crippen molar-refractivity contribution in [1.82, 2.24) is 4.72 Å². The predicted molar refractivity (Wildman–Crippen MR) is 154 cm³/mol. The van der Waals surface area contributed by atoms with E-state index in [0.717, 1.165) is 55.8 Å². The number of halogens is 1. The van der Waals surface area contributed by atoms with E-state index in [1.165, 1.54) is 11.1 Å². The van der Waals surface area contributed by atoms with Crippen molar-refractivity contribution in [1.29, 1.82) is 0 Å². The van der Waals surface area contributed by atoms with Crippen LogP contribution in [-0.4, -0.2) is 51.0 Å². The molecule has 3 aliphatic carbocycles. The highest BCUT2D eigenvalue weighted by Crippen LogP contribution is 2.47. The summed E-state index contributed by atoms with van der Waals surface area (Å²) in [5.41, 5.74) is 3.37. The first-order valence-corrected chi connectivity index (χ1v) is 16.4. The summed E-state index contributed by atoms with van der Waals surface area (Å²) in [6.45, 7) is 1.94. The molecule has 7 rings (SSSR count). The zero-order chi connectivity index (χ0) is 27.6. The van der Waals surface area contributed by atoms with Crippen LogP contribution in [0.15, 0.2) is 48.6 Å². The highest BCUT2D eigenvalue weighted by atomic mass is 35.5. The monoisotopic (exact) mass is 582 g/mol. The van der Waals surface area contributed by atoms with Gasteiger partial charge in [-0.05, 0) is 104 Å². The SMILES string of the molecule is O=C1NS(=O)(=O)C[C@H]2C[C@H]2/C=C\[C@H](O)[C@@H]2CC[C@H]2CN2C[C@@]3(CCCc4cc(Cl)ccc43)COc3ccc1cc32. The number of carbonyl (C=O) groups is 1. The maximum absolute atomic E-state index is 13.2. The third-order valence-corrected chi connectivity index (χ3v) is 11.5. The number of aryl methyl sites for hydroxylation is 1. The minimum Gasteiger partial charge on any atom is -0.490 e. The number of aliphatic hydroxyl groups is 1. The second-order valence-electron chi connectivity index (χ2n) is 12.5. The number of nitrogens with one attached hydrogen (secondary N) is 1. The molecule has 1 amide bonds. The number of ether oxygens (including phenoxy) is 1. The van der Waals surface area contributed by atoms with Crippen molar-refractivity contribution in [3.63, 3.8) is 0 Å². The summed E-state index contributed by atoms with van der Waals surface area (Å²) in [5.74, 6) is 0.531. The van der Waals surface area contributed by atoms with E-state index in [1.54, 1.807) is 18.2 Å². The number of carbonyl (C=O) groups excluding carboxylic acids is 1. The van der Waals surface area contributed by atoms with Gasteiger partial charge in [0.05, 0.1) is 24.2 Å². The molecule has 0 aromatic heterocycles. The number of sulfonamides is 1. The lowest BCUT2D eigenvalue weighted by Gasteiger charge is -2.45. The molecule has 2 bridgehead atoms. The molecule has 0 unspecified atom stereocenters. The first-order chi connectivity index (χ1) is 19.2. The highest BCUT2D eigenvalue weighted by Gasteiger charge is 2.45. The third-order valence-electron chi connectivity index (χ3n) is 9.88. The van der Waals surface area contributed by atoms with Crippen LogP contribution in [0.25, 0.3) is 0 Å². The van der Waals surface area contributed by atoms with Gasteiger partial charge in [-0.3, -0.25) is 4.79 Å². The van der Waals surface area contributed by atoms with Crippen LogP contribution in [0.1, 0.15) is 53.6 Å². The topological polar surface area (TPSA) is 95.9 Å². The minimum atomic E-state index is -3.79. The van der Waals surface area contributed by atoms with E-state index < -0.39 is 22.0 Å². The molecule has 2 saturated carbocycles. The molecule has 2 aliphatic heterocycles. The number of nitrogens with zero attached hydrogens (tertiary/aromatic N) is 1. The van der Waals surface area contributed by atoms with Crippen molar-refractivity contribution in [3.05, 3.63) is 70.3 Å². The van der Waals surface area contributed by atoms with Gasteiger partial charge in [0.2, 0.25) is 10.0 Å². The molecule has 9 heteroatoms. The average molecular weight is 583 g/mol. The van der Waals surface area contributed by atoms with Crippen LogP contribution in [0.4, 0.5) is 5.69 Å². The quantitative estimate of drug-likeness (QED) is 0.445. The smallest absolute Gasteiger partial charge is 0.264 e. The predicted octanol–water partition coefficient (Wildman–Crippen LogP) is 4.47. The number of rotatable bonds is 0. The fourth-order valence-electron chi connectivity index (χ4n) is 7.43. The lowest BCUT2D eigenvalue weighted by molar-refractivity contribution is 0.0455. The van der Waals surface area contributed by atoms with E-state index in [0.29, 0.717) is 30.4 Å². The average Bonchev–Trinajstić information content (AvgIpc) is 3.65. The van der Waals surface area contributed by atoms with Crippen LogP contribution in [0.3, 0.4) is 0 Å². The number of hydrogen-bond donors (Lipinski definition) is 2. The molecule has 0 radical (unpaired) electrons. The summed E-state index contributed by atoms with van der Waals surface area (Å²) in [7, 11) is -3.79. The van der Waals surface area contributed by atoms with Crippen molar-refractivity contribution in [2.24, 2.45) is 23.7 Å². The number of aliphatic hydroxyl groups excluding tert-OH is 1. The summed E-state index contributed by atoms with van der Waals surface area (Å²) in [4.78, 5) is 15.5. The molecule has 40 heavy (non-hydrogen) atoms. The Morgan fingerprint density at radius 1 is 1.10 bits per heavy atom. The standard InChI is InChI=1S/C31H35ClN2O5S/c32-24-6-8-26-20(13-24)2-1-11-31(26)17-34-15-22-3-7-25(22)28(35)9-4-19-12-23(19)16-40(37,38)33-30(36)21-5-10-29(39-18-31)27(34)14-21/h4-6,8-10,13-14,19,22-23,25,28,35H,1-3,7,11-12,15-18H2,(H,33,36)/b9-4-/t19-,22+,23-,25-,28+,31+/m1/s1. The summed E-state index contributed by atoms with van der Waals surface area (Å²) in [5, 5.41) is 11.8. The van der Waals surface area contributed by atoms with Crippen molar-refractivity contribution < 1.29 is 23.1 Å². The van der Waals surface area contributed by atoms with Crippen molar-refractivity contribution in [2.45, 2.75) is 50.0 Å². The van der Waals surface area contributed by atoms with Crippen LogP contribution in [-0.2, 0) is 21.9 Å². The number of allylic oxidation sites excluding steroid dienone is 1. The van der Waals surface area contributed by atoms with Gasteiger partial charge in [-0.1, -0.05) is 29.8 Å². The van der Waals surface area contributed by atoms with Gasteiger partial charge >= 0.3 is 0 Å². The number of amides is 1. The first-order valence-electron chi connectivity index (χ1n) is 14.4. The molecule has 2 heterocycles. The Labute approximate surface area is 240 Å². The van der Waals surface area contributed by atoms with E-state index in [4.69, 9.17) is 16.3 Å². The van der Waals surface area contributed by atoms with E-state index in [9.17, 15) is 18.3 Å². The van der Waals surface area contributed by atoms with E-state index >= 15 is 0 Å². The number of fused-ring (bicyclic) bond motifs is 5. The Hall–Kier alpha value is -2.55. The molecule has 2 aromatic rings. The Kier molecular flexibility index (Phi) is 6.44. The molecule has 2 N–H and O–H groups in total. The van der Waals surface area contributed by atoms with E-state index in [2.05, 4.69) is 21.8 Å². The molecule has 212 valence electrons. The second-order valence-corrected chi connectivity index (χ2v) is 14.7. The Morgan fingerprint density at radius 2 is 1.98 bits per heavy atom. The zero-order valence-electron chi connectivity index (χ0n) is 22.4. The maximum Gasteiger partial charge on any atom is 0.264 e. The van der Waals surface area contributed by atoms with E-state index in [-0.39, 0.29) is 28.9 Å². The molecule has 7 nitrogen and oxygen atoms in total. The first kappa shape index (κ1) is 26.4. The normalized spacial score (nSPS) is 35.1. The summed E-state index contributed by atoms with van der Waals surface area (Å²) >= 11 is 6.37. The lowest BCUT2D eigenvalue weighted by atomic mass is 9.68.